The third kappa shape index (κ3) is 10.1. The van der Waals surface area contributed by atoms with E-state index >= 15 is 0 Å². The molecule has 0 spiro atoms. The molecule has 6 N–H and O–H groups in total. The summed E-state index contributed by atoms with van der Waals surface area (Å²) in [4.78, 5) is 51.6. The van der Waals surface area contributed by atoms with Gasteiger partial charge < -0.3 is 36.1 Å². The smallest absolute Gasteiger partial charge is 0.307 e. The Labute approximate surface area is 312 Å². The lowest BCUT2D eigenvalue weighted by atomic mass is 9.43. The van der Waals surface area contributed by atoms with Gasteiger partial charge in [0.05, 0.1) is 25.9 Å². The van der Waals surface area contributed by atoms with E-state index in [1.807, 2.05) is 0 Å². The molecule has 4 aliphatic carbocycles. The molecule has 0 aliphatic heterocycles. The molecule has 11 nitrogen and oxygen atoms in total. The molecule has 1 unspecified atom stereocenters. The van der Waals surface area contributed by atoms with Gasteiger partial charge in [-0.25, -0.2) is 0 Å². The summed E-state index contributed by atoms with van der Waals surface area (Å²) >= 11 is 0. The number of carbonyl (C=O) groups excluding carboxylic acids is 4. The highest BCUT2D eigenvalue weighted by atomic mass is 16.6. The zero-order valence-corrected chi connectivity index (χ0v) is 32.8. The minimum atomic E-state index is -0.371. The average molecular weight is 734 g/mol. The number of hydrogen-bond donors (Lipinski definition) is 3. The molecule has 11 heteroatoms. The summed E-state index contributed by atoms with van der Waals surface area (Å²) in [5, 5.41) is 0. The lowest BCUT2D eigenvalue weighted by Gasteiger charge is -2.64. The first-order valence-electron chi connectivity index (χ1n) is 20.8. The number of unbranched alkanes of at least 4 members (excludes halogenated alkanes) is 5. The van der Waals surface area contributed by atoms with E-state index in [0.717, 1.165) is 38.5 Å². The fourth-order valence-electron chi connectivity index (χ4n) is 11.2. The van der Waals surface area contributed by atoms with Crippen molar-refractivity contribution in [3.8, 4) is 0 Å². The van der Waals surface area contributed by atoms with Crippen LogP contribution >= 0.6 is 0 Å². The van der Waals surface area contributed by atoms with Gasteiger partial charge in [-0.05, 0) is 92.8 Å². The van der Waals surface area contributed by atoms with E-state index in [-0.39, 0.29) is 127 Å². The summed E-state index contributed by atoms with van der Waals surface area (Å²) in [6.45, 7) is 10.3. The molecule has 0 amide bonds. The summed E-state index contributed by atoms with van der Waals surface area (Å²) < 4.78 is 24.3. The quantitative estimate of drug-likeness (QED) is 0.0762. The van der Waals surface area contributed by atoms with Gasteiger partial charge in [0.1, 0.15) is 18.3 Å². The molecule has 4 aliphatic rings. The predicted molar refractivity (Wildman–Crippen MR) is 199 cm³/mol. The Morgan fingerprint density at radius 1 is 0.712 bits per heavy atom. The summed E-state index contributed by atoms with van der Waals surface area (Å²) in [5.41, 5.74) is 16.7. The highest BCUT2D eigenvalue weighted by Gasteiger charge is 2.67. The van der Waals surface area contributed by atoms with Crippen LogP contribution in [-0.4, -0.2) is 68.4 Å². The number of nitrogens with two attached hydrogens (primary N) is 3. The van der Waals surface area contributed by atoms with Crippen molar-refractivity contribution in [3.05, 3.63) is 0 Å². The molecular formula is C41H71N3O8. The van der Waals surface area contributed by atoms with Crippen LogP contribution in [0.1, 0.15) is 143 Å². The van der Waals surface area contributed by atoms with Gasteiger partial charge in [-0.15, -0.1) is 0 Å². The maximum absolute atomic E-state index is 13.2. The van der Waals surface area contributed by atoms with Crippen molar-refractivity contribution in [3.63, 3.8) is 0 Å². The number of hydrogen-bond acceptors (Lipinski definition) is 11. The molecule has 0 bridgehead atoms. The van der Waals surface area contributed by atoms with Gasteiger partial charge in [-0.3, -0.25) is 19.2 Å². The molecule has 4 fully saturated rings. The Balaban J connectivity index is 1.56. The molecule has 0 heterocycles. The van der Waals surface area contributed by atoms with Crippen LogP contribution in [0.5, 0.6) is 0 Å². The maximum Gasteiger partial charge on any atom is 0.307 e. The molecule has 4 rings (SSSR count). The van der Waals surface area contributed by atoms with Gasteiger partial charge >= 0.3 is 23.9 Å². The molecule has 0 aromatic carbocycles. The van der Waals surface area contributed by atoms with Crippen LogP contribution in [-0.2, 0) is 38.1 Å². The van der Waals surface area contributed by atoms with Crippen LogP contribution in [0.4, 0.5) is 0 Å². The van der Waals surface area contributed by atoms with Crippen molar-refractivity contribution in [1.82, 2.24) is 0 Å². The minimum Gasteiger partial charge on any atom is -0.466 e. The maximum atomic E-state index is 13.2. The monoisotopic (exact) mass is 734 g/mol. The SMILES string of the molecule is CCCCCCCCOC(=O)CC[C@@H](C)[C@H]1CC[C@H]2[C@@H]3[C@H](OC(=O)CCN)C[C@@H]4C[C@H](OC(=O)CCN)CC[C@]4(C)[C@H]3CC(OC(=O)CCN)[C@]12C. The second-order valence-corrected chi connectivity index (χ2v) is 17.0. The molecule has 0 saturated heterocycles. The lowest BCUT2D eigenvalue weighted by molar-refractivity contribution is -0.225. The van der Waals surface area contributed by atoms with Crippen LogP contribution in [0.2, 0.25) is 0 Å². The number of esters is 4. The van der Waals surface area contributed by atoms with E-state index in [0.29, 0.717) is 38.7 Å². The minimum absolute atomic E-state index is 0.0910. The van der Waals surface area contributed by atoms with Gasteiger partial charge in [0.2, 0.25) is 0 Å². The first-order valence-corrected chi connectivity index (χ1v) is 20.8. The van der Waals surface area contributed by atoms with Crippen molar-refractivity contribution < 1.29 is 38.1 Å². The van der Waals surface area contributed by atoms with Gasteiger partial charge in [0.15, 0.2) is 0 Å². The van der Waals surface area contributed by atoms with Crippen molar-refractivity contribution in [2.75, 3.05) is 26.2 Å². The Hall–Kier alpha value is -2.24. The van der Waals surface area contributed by atoms with Crippen molar-refractivity contribution in [2.24, 2.45) is 63.5 Å². The van der Waals surface area contributed by atoms with Crippen LogP contribution < -0.4 is 17.2 Å². The highest BCUT2D eigenvalue weighted by Crippen LogP contribution is 2.69. The second-order valence-electron chi connectivity index (χ2n) is 17.0. The summed E-state index contributed by atoms with van der Waals surface area (Å²) in [6, 6.07) is 0. The Morgan fingerprint density at radius 2 is 1.35 bits per heavy atom. The Morgan fingerprint density at radius 3 is 2.02 bits per heavy atom. The van der Waals surface area contributed by atoms with Crippen molar-refractivity contribution in [2.45, 2.75) is 162 Å². The first-order chi connectivity index (χ1) is 24.9. The number of rotatable bonds is 20. The van der Waals surface area contributed by atoms with E-state index in [9.17, 15) is 19.2 Å². The fraction of sp³-hybridized carbons (Fsp3) is 0.902. The topological polar surface area (TPSA) is 183 Å². The molecule has 4 saturated carbocycles. The van der Waals surface area contributed by atoms with E-state index in [1.165, 1.54) is 25.7 Å². The van der Waals surface area contributed by atoms with Crippen LogP contribution in [0.25, 0.3) is 0 Å². The normalized spacial score (nSPS) is 34.3. The third-order valence-corrected chi connectivity index (χ3v) is 13.9. The van der Waals surface area contributed by atoms with E-state index < -0.39 is 0 Å². The lowest BCUT2D eigenvalue weighted by Crippen LogP contribution is -2.63. The van der Waals surface area contributed by atoms with Crippen LogP contribution in [0.3, 0.4) is 0 Å². The molecule has 52 heavy (non-hydrogen) atoms. The van der Waals surface area contributed by atoms with E-state index in [2.05, 4.69) is 27.7 Å². The number of carbonyl (C=O) groups is 4. The first kappa shape index (κ1) is 42.5. The molecular weight excluding hydrogens is 662 g/mol. The standard InChI is InChI=1S/C41H71N3O8/c1-5-6-7-8-9-10-23-49-35(45)14-11-27(2)30-12-13-31-39-32(26-34(41(30,31)4)52-38(48)18-22-44)40(3)19-15-29(50-36(46)16-20-42)24-28(40)25-33(39)51-37(47)17-21-43/h27-34,39H,5-26,42-44H2,1-4H3/t27-,28+,29-,30-,31+,32+,33-,34?,39+,40+,41-/m1/s1. The molecule has 11 atom stereocenters. The Kier molecular flexibility index (Phi) is 16.3. The fourth-order valence-corrected chi connectivity index (χ4v) is 11.2. The average Bonchev–Trinajstić information content (AvgIpc) is 3.46. The number of ether oxygens (including phenoxy) is 4. The molecule has 0 aromatic rings. The Bertz CT molecular complexity index is 1180. The van der Waals surface area contributed by atoms with Gasteiger partial charge in [0.25, 0.3) is 0 Å². The zero-order valence-electron chi connectivity index (χ0n) is 32.8. The summed E-state index contributed by atoms with van der Waals surface area (Å²) in [7, 11) is 0. The molecule has 298 valence electrons. The van der Waals surface area contributed by atoms with E-state index in [1.54, 1.807) is 0 Å². The van der Waals surface area contributed by atoms with Crippen molar-refractivity contribution >= 4 is 23.9 Å². The number of fused-ring (bicyclic) bond motifs is 5. The largest absolute Gasteiger partial charge is 0.466 e. The van der Waals surface area contributed by atoms with Gasteiger partial charge in [-0.1, -0.05) is 59.8 Å². The zero-order chi connectivity index (χ0) is 37.9. The van der Waals surface area contributed by atoms with E-state index in [4.69, 9.17) is 36.1 Å². The van der Waals surface area contributed by atoms with Crippen molar-refractivity contribution in [1.29, 1.82) is 0 Å². The molecule has 0 aromatic heterocycles. The highest BCUT2D eigenvalue weighted by molar-refractivity contribution is 5.71. The van der Waals surface area contributed by atoms with Crippen LogP contribution in [0.15, 0.2) is 0 Å². The second kappa shape index (κ2) is 19.9. The molecule has 0 radical (unpaired) electrons. The van der Waals surface area contributed by atoms with Gasteiger partial charge in [0, 0.05) is 37.4 Å². The third-order valence-electron chi connectivity index (χ3n) is 13.9. The predicted octanol–water partition coefficient (Wildman–Crippen LogP) is 5.97. The summed E-state index contributed by atoms with van der Waals surface area (Å²) in [6.07, 6.45) is 13.2. The van der Waals surface area contributed by atoms with Crippen LogP contribution in [0, 0.1) is 46.3 Å². The summed E-state index contributed by atoms with van der Waals surface area (Å²) in [5.74, 6) is -0.00360. The van der Waals surface area contributed by atoms with Gasteiger partial charge in [-0.2, -0.15) is 0 Å².